The second-order valence-corrected chi connectivity index (χ2v) is 5.74. The Morgan fingerprint density at radius 1 is 1.20 bits per heavy atom. The Hall–Kier alpha value is -3.15. The molecule has 2 aromatic carbocycles. The lowest BCUT2D eigenvalue weighted by Gasteiger charge is -2.06. The molecule has 0 spiro atoms. The number of aryl methyl sites for hydroxylation is 2. The van der Waals surface area contributed by atoms with E-state index in [4.69, 9.17) is 9.26 Å². The number of aromatic nitrogens is 2. The molecule has 0 aliphatic rings. The minimum Gasteiger partial charge on any atom is -0.497 e. The van der Waals surface area contributed by atoms with E-state index in [1.165, 1.54) is 0 Å². The fourth-order valence-electron chi connectivity index (χ4n) is 2.53. The number of benzene rings is 2. The zero-order valence-electron chi connectivity index (χ0n) is 14.4. The maximum atomic E-state index is 12.3. The Morgan fingerprint density at radius 3 is 2.80 bits per heavy atom. The van der Waals surface area contributed by atoms with Crippen molar-refractivity contribution in [3.63, 3.8) is 0 Å². The van der Waals surface area contributed by atoms with Crippen molar-refractivity contribution < 1.29 is 14.1 Å². The van der Waals surface area contributed by atoms with Crippen LogP contribution in [0.25, 0.3) is 11.4 Å². The fourth-order valence-corrected chi connectivity index (χ4v) is 2.53. The van der Waals surface area contributed by atoms with Gasteiger partial charge in [0.1, 0.15) is 5.75 Å². The van der Waals surface area contributed by atoms with E-state index < -0.39 is 0 Å². The van der Waals surface area contributed by atoms with Crippen molar-refractivity contribution in [2.45, 2.75) is 20.4 Å². The van der Waals surface area contributed by atoms with Gasteiger partial charge in [-0.1, -0.05) is 35.0 Å². The third kappa shape index (κ3) is 3.85. The Kier molecular flexibility index (Phi) is 4.79. The summed E-state index contributed by atoms with van der Waals surface area (Å²) in [6, 6.07) is 13.1. The monoisotopic (exact) mass is 337 g/mol. The molecule has 0 fully saturated rings. The second kappa shape index (κ2) is 7.17. The molecule has 1 N–H and O–H groups in total. The van der Waals surface area contributed by atoms with E-state index in [1.807, 2.05) is 56.3 Å². The summed E-state index contributed by atoms with van der Waals surface area (Å²) < 4.78 is 10.4. The number of nitrogens with zero attached hydrogens (tertiary/aromatic N) is 2. The number of hydrogen-bond donors (Lipinski definition) is 1. The van der Waals surface area contributed by atoms with E-state index in [-0.39, 0.29) is 12.5 Å². The van der Waals surface area contributed by atoms with Crippen molar-refractivity contribution >= 4 is 5.91 Å². The SMILES string of the molecule is COc1cccc(-c2noc(CNC(=O)c3ccc(C)cc3C)n2)c1. The number of carbonyl (C=O) groups excluding carboxylic acids is 1. The first-order valence-corrected chi connectivity index (χ1v) is 7.89. The van der Waals surface area contributed by atoms with Crippen LogP contribution >= 0.6 is 0 Å². The van der Waals surface area contributed by atoms with E-state index in [1.54, 1.807) is 7.11 Å². The lowest BCUT2D eigenvalue weighted by atomic mass is 10.1. The van der Waals surface area contributed by atoms with Crippen molar-refractivity contribution in [2.24, 2.45) is 0 Å². The average molecular weight is 337 g/mol. The van der Waals surface area contributed by atoms with Crippen LogP contribution in [-0.4, -0.2) is 23.2 Å². The molecular formula is C19H19N3O3. The zero-order chi connectivity index (χ0) is 17.8. The number of amides is 1. The molecule has 25 heavy (non-hydrogen) atoms. The summed E-state index contributed by atoms with van der Waals surface area (Å²) in [5.41, 5.74) is 3.47. The molecule has 0 aliphatic carbocycles. The molecule has 128 valence electrons. The van der Waals surface area contributed by atoms with Crippen LogP contribution in [0.3, 0.4) is 0 Å². The lowest BCUT2D eigenvalue weighted by Crippen LogP contribution is -2.23. The highest BCUT2D eigenvalue weighted by molar-refractivity contribution is 5.95. The first-order valence-electron chi connectivity index (χ1n) is 7.89. The summed E-state index contributed by atoms with van der Waals surface area (Å²) in [6.45, 7) is 4.08. The summed E-state index contributed by atoms with van der Waals surface area (Å²) in [5.74, 6) is 1.34. The standard InChI is InChI=1S/C19H19N3O3/c1-12-7-8-16(13(2)9-12)19(23)20-11-17-21-18(22-25-17)14-5-4-6-15(10-14)24-3/h4-10H,11H2,1-3H3,(H,20,23). The molecule has 0 bridgehead atoms. The number of ether oxygens (including phenoxy) is 1. The van der Waals surface area contributed by atoms with Crippen molar-refractivity contribution in [1.29, 1.82) is 0 Å². The molecule has 0 atom stereocenters. The molecule has 6 heteroatoms. The number of carbonyl (C=O) groups is 1. The first kappa shape index (κ1) is 16.7. The highest BCUT2D eigenvalue weighted by Crippen LogP contribution is 2.21. The number of hydrogen-bond acceptors (Lipinski definition) is 5. The smallest absolute Gasteiger partial charge is 0.251 e. The molecule has 0 saturated carbocycles. The maximum Gasteiger partial charge on any atom is 0.251 e. The Labute approximate surface area is 145 Å². The molecule has 3 rings (SSSR count). The van der Waals surface area contributed by atoms with E-state index in [9.17, 15) is 4.79 Å². The molecule has 3 aromatic rings. The fraction of sp³-hybridized carbons (Fsp3) is 0.211. The molecule has 1 aromatic heterocycles. The third-order valence-electron chi connectivity index (χ3n) is 3.82. The number of rotatable bonds is 5. The van der Waals surface area contributed by atoms with Gasteiger partial charge < -0.3 is 14.6 Å². The highest BCUT2D eigenvalue weighted by Gasteiger charge is 2.13. The van der Waals surface area contributed by atoms with Gasteiger partial charge in [0.15, 0.2) is 0 Å². The van der Waals surface area contributed by atoms with Gasteiger partial charge in [0.2, 0.25) is 11.7 Å². The number of methoxy groups -OCH3 is 1. The van der Waals surface area contributed by atoms with E-state index in [0.29, 0.717) is 23.0 Å². The van der Waals surface area contributed by atoms with E-state index in [2.05, 4.69) is 15.5 Å². The minimum absolute atomic E-state index is 0.168. The van der Waals surface area contributed by atoms with Gasteiger partial charge in [0.05, 0.1) is 13.7 Å². The van der Waals surface area contributed by atoms with Gasteiger partial charge in [-0.05, 0) is 37.6 Å². The van der Waals surface area contributed by atoms with Crippen LogP contribution < -0.4 is 10.1 Å². The summed E-state index contributed by atoms with van der Waals surface area (Å²) in [4.78, 5) is 16.6. The number of nitrogens with one attached hydrogen (secondary N) is 1. The van der Waals surface area contributed by atoms with Crippen LogP contribution in [-0.2, 0) is 6.54 Å². The molecule has 0 saturated heterocycles. The maximum absolute atomic E-state index is 12.3. The van der Waals surface area contributed by atoms with Crippen LogP contribution in [0, 0.1) is 13.8 Å². The highest BCUT2D eigenvalue weighted by atomic mass is 16.5. The average Bonchev–Trinajstić information content (AvgIpc) is 3.09. The largest absolute Gasteiger partial charge is 0.497 e. The van der Waals surface area contributed by atoms with Gasteiger partial charge in [0, 0.05) is 11.1 Å². The van der Waals surface area contributed by atoms with Crippen molar-refractivity contribution in [1.82, 2.24) is 15.5 Å². The van der Waals surface area contributed by atoms with Gasteiger partial charge in [0.25, 0.3) is 5.91 Å². The van der Waals surface area contributed by atoms with Crippen LogP contribution in [0.2, 0.25) is 0 Å². The van der Waals surface area contributed by atoms with Crippen LogP contribution in [0.15, 0.2) is 47.0 Å². The summed E-state index contributed by atoms with van der Waals surface area (Å²) in [5, 5.41) is 6.75. The normalized spacial score (nSPS) is 10.5. The molecule has 6 nitrogen and oxygen atoms in total. The van der Waals surface area contributed by atoms with Crippen LogP contribution in [0.4, 0.5) is 0 Å². The van der Waals surface area contributed by atoms with Gasteiger partial charge in [-0.15, -0.1) is 0 Å². The topological polar surface area (TPSA) is 77.3 Å². The van der Waals surface area contributed by atoms with Gasteiger partial charge in [-0.25, -0.2) is 0 Å². The quantitative estimate of drug-likeness (QED) is 0.773. The molecule has 1 amide bonds. The van der Waals surface area contributed by atoms with Gasteiger partial charge >= 0.3 is 0 Å². The molecular weight excluding hydrogens is 318 g/mol. The van der Waals surface area contributed by atoms with Crippen molar-refractivity contribution in [3.05, 3.63) is 65.0 Å². The predicted octanol–water partition coefficient (Wildman–Crippen LogP) is 3.29. The molecule has 0 aliphatic heterocycles. The van der Waals surface area contributed by atoms with Crippen molar-refractivity contribution in [3.8, 4) is 17.1 Å². The molecule has 0 radical (unpaired) electrons. The second-order valence-electron chi connectivity index (χ2n) is 5.74. The molecule has 0 unspecified atom stereocenters. The van der Waals surface area contributed by atoms with Gasteiger partial charge in [-0.2, -0.15) is 4.98 Å². The first-order chi connectivity index (χ1) is 12.1. The Balaban J connectivity index is 1.68. The summed E-state index contributed by atoms with van der Waals surface area (Å²) >= 11 is 0. The van der Waals surface area contributed by atoms with Gasteiger partial charge in [-0.3, -0.25) is 4.79 Å². The summed E-state index contributed by atoms with van der Waals surface area (Å²) in [7, 11) is 1.60. The summed E-state index contributed by atoms with van der Waals surface area (Å²) in [6.07, 6.45) is 0. The Morgan fingerprint density at radius 2 is 2.04 bits per heavy atom. The predicted molar refractivity (Wildman–Crippen MR) is 93.4 cm³/mol. The minimum atomic E-state index is -0.168. The van der Waals surface area contributed by atoms with E-state index in [0.717, 1.165) is 16.7 Å². The molecule has 1 heterocycles. The van der Waals surface area contributed by atoms with Crippen LogP contribution in [0.5, 0.6) is 5.75 Å². The van der Waals surface area contributed by atoms with Crippen molar-refractivity contribution in [2.75, 3.05) is 7.11 Å². The third-order valence-corrected chi connectivity index (χ3v) is 3.82. The zero-order valence-corrected chi connectivity index (χ0v) is 14.4. The lowest BCUT2D eigenvalue weighted by molar-refractivity contribution is 0.0945. The van der Waals surface area contributed by atoms with Crippen LogP contribution in [0.1, 0.15) is 27.4 Å². The Bertz CT molecular complexity index is 902. The van der Waals surface area contributed by atoms with E-state index >= 15 is 0 Å².